The lowest BCUT2D eigenvalue weighted by Gasteiger charge is -1.99. The van der Waals surface area contributed by atoms with Gasteiger partial charge in [-0.3, -0.25) is 9.38 Å². The van der Waals surface area contributed by atoms with Gasteiger partial charge in [-0.15, -0.1) is 10.2 Å². The first-order chi connectivity index (χ1) is 7.84. The van der Waals surface area contributed by atoms with Gasteiger partial charge in [0, 0.05) is 28.6 Å². The van der Waals surface area contributed by atoms with E-state index in [2.05, 4.69) is 31.1 Å². The number of aromatic nitrogens is 4. The van der Waals surface area contributed by atoms with Gasteiger partial charge in [-0.2, -0.15) is 0 Å². The van der Waals surface area contributed by atoms with Crippen molar-refractivity contribution in [1.82, 2.24) is 19.6 Å². The van der Waals surface area contributed by atoms with Gasteiger partial charge in [-0.1, -0.05) is 6.07 Å². The van der Waals surface area contributed by atoms with Crippen molar-refractivity contribution in [2.75, 3.05) is 0 Å². The Balaban J connectivity index is 2.26. The van der Waals surface area contributed by atoms with Crippen LogP contribution < -0.4 is 0 Å². The molecule has 0 bridgehead atoms. The van der Waals surface area contributed by atoms with Crippen molar-refractivity contribution in [1.29, 1.82) is 0 Å². The molecule has 0 aliphatic carbocycles. The Morgan fingerprint density at radius 1 is 1.12 bits per heavy atom. The molecule has 3 aromatic rings. The molecule has 0 radical (unpaired) electrons. The highest BCUT2D eigenvalue weighted by Gasteiger charge is 2.07. The average molecular weight is 275 g/mol. The zero-order valence-electron chi connectivity index (χ0n) is 8.21. The minimum atomic E-state index is 0.796. The molecule has 0 saturated carbocycles. The number of pyridine rings is 2. The van der Waals surface area contributed by atoms with Gasteiger partial charge in [-0.25, -0.2) is 0 Å². The van der Waals surface area contributed by atoms with Gasteiger partial charge in [0.25, 0.3) is 0 Å². The first-order valence-corrected chi connectivity index (χ1v) is 5.54. The molecule has 5 heteroatoms. The van der Waals surface area contributed by atoms with E-state index >= 15 is 0 Å². The van der Waals surface area contributed by atoms with Gasteiger partial charge >= 0.3 is 0 Å². The summed E-state index contributed by atoms with van der Waals surface area (Å²) in [4.78, 5) is 4.12. The highest BCUT2D eigenvalue weighted by atomic mass is 79.9. The van der Waals surface area contributed by atoms with E-state index in [1.54, 1.807) is 12.4 Å². The van der Waals surface area contributed by atoms with Crippen LogP contribution in [0.15, 0.2) is 47.3 Å². The Morgan fingerprint density at radius 3 is 2.94 bits per heavy atom. The molecular weight excluding hydrogens is 268 g/mol. The third kappa shape index (κ3) is 1.49. The molecule has 0 fully saturated rings. The highest BCUT2D eigenvalue weighted by molar-refractivity contribution is 9.10. The zero-order valence-corrected chi connectivity index (χ0v) is 9.79. The van der Waals surface area contributed by atoms with Crippen LogP contribution >= 0.6 is 15.9 Å². The first-order valence-electron chi connectivity index (χ1n) is 4.75. The summed E-state index contributed by atoms with van der Waals surface area (Å²) in [5, 5.41) is 8.25. The van der Waals surface area contributed by atoms with Crippen molar-refractivity contribution >= 4 is 21.6 Å². The van der Waals surface area contributed by atoms with Crippen molar-refractivity contribution in [2.24, 2.45) is 0 Å². The standard InChI is InChI=1S/C11H7BrN4/c12-9-5-8(6-13-7-9)11-15-14-10-3-1-2-4-16(10)11/h1-7H. The summed E-state index contributed by atoms with van der Waals surface area (Å²) in [7, 11) is 0. The Morgan fingerprint density at radius 2 is 2.06 bits per heavy atom. The number of fused-ring (bicyclic) bond motifs is 1. The zero-order chi connectivity index (χ0) is 11.0. The third-order valence-electron chi connectivity index (χ3n) is 2.28. The van der Waals surface area contributed by atoms with Crippen molar-refractivity contribution in [3.8, 4) is 11.4 Å². The van der Waals surface area contributed by atoms with Gasteiger partial charge in [0.1, 0.15) is 0 Å². The average Bonchev–Trinajstić information content (AvgIpc) is 2.72. The summed E-state index contributed by atoms with van der Waals surface area (Å²) < 4.78 is 2.86. The minimum Gasteiger partial charge on any atom is -0.282 e. The fourth-order valence-corrected chi connectivity index (χ4v) is 1.94. The van der Waals surface area contributed by atoms with Gasteiger partial charge in [0.2, 0.25) is 0 Å². The summed E-state index contributed by atoms with van der Waals surface area (Å²) in [5.41, 5.74) is 1.77. The molecule has 0 spiro atoms. The van der Waals surface area contributed by atoms with Crippen molar-refractivity contribution in [3.63, 3.8) is 0 Å². The maximum absolute atomic E-state index is 4.16. The second-order valence-electron chi connectivity index (χ2n) is 3.34. The van der Waals surface area contributed by atoms with Gasteiger partial charge in [0.15, 0.2) is 11.5 Å². The summed E-state index contributed by atoms with van der Waals surface area (Å²) in [6, 6.07) is 7.77. The summed E-state index contributed by atoms with van der Waals surface area (Å²) >= 11 is 3.39. The fraction of sp³-hybridized carbons (Fsp3) is 0. The van der Waals surface area contributed by atoms with E-state index in [0.717, 1.165) is 21.5 Å². The van der Waals surface area contributed by atoms with Crippen LogP contribution in [0.4, 0.5) is 0 Å². The lowest BCUT2D eigenvalue weighted by molar-refractivity contribution is 1.10. The predicted molar refractivity (Wildman–Crippen MR) is 63.9 cm³/mol. The smallest absolute Gasteiger partial charge is 0.169 e. The van der Waals surface area contributed by atoms with Gasteiger partial charge in [0.05, 0.1) is 0 Å². The van der Waals surface area contributed by atoms with E-state index in [-0.39, 0.29) is 0 Å². The van der Waals surface area contributed by atoms with E-state index in [9.17, 15) is 0 Å². The van der Waals surface area contributed by atoms with Crippen LogP contribution in [0, 0.1) is 0 Å². The molecule has 0 N–H and O–H groups in total. The quantitative estimate of drug-likeness (QED) is 0.685. The molecule has 0 unspecified atom stereocenters. The van der Waals surface area contributed by atoms with Crippen LogP contribution in [0.25, 0.3) is 17.0 Å². The largest absolute Gasteiger partial charge is 0.282 e. The molecule has 0 amide bonds. The third-order valence-corrected chi connectivity index (χ3v) is 2.71. The Hall–Kier alpha value is -1.75. The number of halogens is 1. The predicted octanol–water partition coefficient (Wildman–Crippen LogP) is 2.55. The summed E-state index contributed by atoms with van der Waals surface area (Å²) in [6.07, 6.45) is 5.45. The second-order valence-corrected chi connectivity index (χ2v) is 4.26. The molecule has 4 nitrogen and oxygen atoms in total. The first kappa shape index (κ1) is 9.47. The van der Waals surface area contributed by atoms with E-state index in [1.165, 1.54) is 0 Å². The molecule has 0 aliphatic rings. The Kier molecular flexibility index (Phi) is 2.18. The van der Waals surface area contributed by atoms with Crippen LogP contribution in [0.3, 0.4) is 0 Å². The normalized spacial score (nSPS) is 10.8. The van der Waals surface area contributed by atoms with Crippen molar-refractivity contribution in [3.05, 3.63) is 47.3 Å². The molecule has 16 heavy (non-hydrogen) atoms. The molecule has 0 saturated heterocycles. The van der Waals surface area contributed by atoms with Crippen LogP contribution in [-0.4, -0.2) is 19.6 Å². The molecule has 0 aromatic carbocycles. The van der Waals surface area contributed by atoms with Crippen LogP contribution in [-0.2, 0) is 0 Å². The van der Waals surface area contributed by atoms with Crippen LogP contribution in [0.1, 0.15) is 0 Å². The van der Waals surface area contributed by atoms with Crippen LogP contribution in [0.2, 0.25) is 0 Å². The second kappa shape index (κ2) is 3.68. The SMILES string of the molecule is Brc1cncc(-c2nnc3ccccn23)c1. The minimum absolute atomic E-state index is 0.796. The lowest BCUT2D eigenvalue weighted by atomic mass is 10.3. The van der Waals surface area contributed by atoms with Crippen LogP contribution in [0.5, 0.6) is 0 Å². The monoisotopic (exact) mass is 274 g/mol. The fourth-order valence-electron chi connectivity index (χ4n) is 1.57. The van der Waals surface area contributed by atoms with E-state index in [4.69, 9.17) is 0 Å². The highest BCUT2D eigenvalue weighted by Crippen LogP contribution is 2.20. The summed E-state index contributed by atoms with van der Waals surface area (Å²) in [6.45, 7) is 0. The van der Waals surface area contributed by atoms with Crippen molar-refractivity contribution < 1.29 is 0 Å². The van der Waals surface area contributed by atoms with E-state index in [1.807, 2.05) is 34.9 Å². The molecule has 0 atom stereocenters. The van der Waals surface area contributed by atoms with Gasteiger partial charge < -0.3 is 0 Å². The number of hydrogen-bond donors (Lipinski definition) is 0. The van der Waals surface area contributed by atoms with Crippen molar-refractivity contribution in [2.45, 2.75) is 0 Å². The lowest BCUT2D eigenvalue weighted by Crippen LogP contribution is -1.89. The maximum atomic E-state index is 4.16. The Bertz CT molecular complexity index is 647. The number of rotatable bonds is 1. The topological polar surface area (TPSA) is 43.1 Å². The molecule has 3 heterocycles. The molecule has 3 aromatic heterocycles. The number of hydrogen-bond acceptors (Lipinski definition) is 3. The molecular formula is C11H7BrN4. The molecule has 0 aliphatic heterocycles. The maximum Gasteiger partial charge on any atom is 0.169 e. The van der Waals surface area contributed by atoms with Gasteiger partial charge in [-0.05, 0) is 34.1 Å². The molecule has 78 valence electrons. The van der Waals surface area contributed by atoms with E-state index in [0.29, 0.717) is 0 Å². The summed E-state index contributed by atoms with van der Waals surface area (Å²) in [5.74, 6) is 0.796. The van der Waals surface area contributed by atoms with E-state index < -0.39 is 0 Å². The molecule has 3 rings (SSSR count). The Labute approximate surface area is 100 Å². The number of nitrogens with zero attached hydrogens (tertiary/aromatic N) is 4.